The highest BCUT2D eigenvalue weighted by Crippen LogP contribution is 2.20. The Morgan fingerprint density at radius 3 is 2.70 bits per heavy atom. The van der Waals surface area contributed by atoms with Crippen molar-refractivity contribution >= 4 is 11.3 Å². The predicted molar refractivity (Wildman–Crippen MR) is 77.2 cm³/mol. The van der Waals surface area contributed by atoms with Crippen LogP contribution in [0.5, 0.6) is 5.19 Å². The molecule has 0 aliphatic rings. The Morgan fingerprint density at radius 1 is 1.25 bits per heavy atom. The van der Waals surface area contributed by atoms with Crippen molar-refractivity contribution in [1.29, 1.82) is 0 Å². The molecule has 1 aromatic heterocycles. The lowest BCUT2D eigenvalue weighted by Gasteiger charge is -2.19. The molecule has 0 bridgehead atoms. The van der Waals surface area contributed by atoms with E-state index in [1.807, 2.05) is 0 Å². The molecule has 1 aromatic carbocycles. The van der Waals surface area contributed by atoms with E-state index in [4.69, 9.17) is 4.74 Å². The first-order chi connectivity index (χ1) is 9.44. The smallest absolute Gasteiger partial charge is 0.294 e. The van der Waals surface area contributed by atoms with Gasteiger partial charge in [0.25, 0.3) is 5.19 Å². The average Bonchev–Trinajstić information content (AvgIpc) is 2.83. The minimum Gasteiger partial charge on any atom is -0.464 e. The van der Waals surface area contributed by atoms with Crippen LogP contribution in [-0.2, 0) is 13.2 Å². The van der Waals surface area contributed by atoms with Gasteiger partial charge < -0.3 is 10.1 Å². The Balaban J connectivity index is 1.89. The van der Waals surface area contributed by atoms with Crippen LogP contribution in [0.15, 0.2) is 24.3 Å². The molecule has 0 saturated heterocycles. The van der Waals surface area contributed by atoms with E-state index < -0.39 is 0 Å². The molecule has 0 fully saturated rings. The van der Waals surface area contributed by atoms with Gasteiger partial charge in [-0.3, -0.25) is 0 Å². The van der Waals surface area contributed by atoms with E-state index in [-0.39, 0.29) is 18.0 Å². The van der Waals surface area contributed by atoms with Crippen molar-refractivity contribution in [2.75, 3.05) is 0 Å². The minimum atomic E-state index is -0.272. The van der Waals surface area contributed by atoms with Crippen LogP contribution >= 0.6 is 11.3 Å². The summed E-state index contributed by atoms with van der Waals surface area (Å²) < 4.78 is 18.9. The Morgan fingerprint density at radius 2 is 2.00 bits per heavy atom. The lowest BCUT2D eigenvalue weighted by Crippen LogP contribution is -2.35. The molecule has 2 aromatic rings. The van der Waals surface area contributed by atoms with Crippen LogP contribution < -0.4 is 10.1 Å². The summed E-state index contributed by atoms with van der Waals surface area (Å²) in [4.78, 5) is 0. The van der Waals surface area contributed by atoms with Crippen LogP contribution in [0.1, 0.15) is 31.3 Å². The van der Waals surface area contributed by atoms with Crippen molar-refractivity contribution in [2.24, 2.45) is 0 Å². The summed E-state index contributed by atoms with van der Waals surface area (Å²) in [5.41, 5.74) is 0.539. The number of benzene rings is 1. The van der Waals surface area contributed by atoms with Gasteiger partial charge in [0.2, 0.25) is 0 Å². The van der Waals surface area contributed by atoms with Crippen molar-refractivity contribution in [3.05, 3.63) is 40.7 Å². The fraction of sp³-hybridized carbons (Fsp3) is 0.429. The van der Waals surface area contributed by atoms with Gasteiger partial charge in [0.15, 0.2) is 0 Å². The zero-order chi connectivity index (χ0) is 14.6. The Kier molecular flexibility index (Phi) is 4.67. The number of hydrogen-bond acceptors (Lipinski definition) is 5. The maximum absolute atomic E-state index is 13.4. The summed E-state index contributed by atoms with van der Waals surface area (Å²) in [6.07, 6.45) is 0. The number of aromatic nitrogens is 2. The van der Waals surface area contributed by atoms with Crippen LogP contribution in [-0.4, -0.2) is 15.7 Å². The number of ether oxygens (including phenoxy) is 1. The monoisotopic (exact) mass is 295 g/mol. The highest BCUT2D eigenvalue weighted by molar-refractivity contribution is 7.13. The van der Waals surface area contributed by atoms with E-state index in [0.717, 1.165) is 5.01 Å². The van der Waals surface area contributed by atoms with E-state index in [2.05, 4.69) is 36.3 Å². The van der Waals surface area contributed by atoms with Gasteiger partial charge in [0.05, 0.1) is 6.54 Å². The van der Waals surface area contributed by atoms with Crippen molar-refractivity contribution in [2.45, 2.75) is 39.5 Å². The predicted octanol–water partition coefficient (Wildman–Crippen LogP) is 3.14. The summed E-state index contributed by atoms with van der Waals surface area (Å²) in [5.74, 6) is -0.272. The van der Waals surface area contributed by atoms with E-state index in [1.54, 1.807) is 18.2 Å². The van der Waals surface area contributed by atoms with E-state index in [9.17, 15) is 4.39 Å². The molecular formula is C14H18FN3OS. The maximum Gasteiger partial charge on any atom is 0.294 e. The quantitative estimate of drug-likeness (QED) is 0.920. The molecule has 1 heterocycles. The fourth-order valence-electron chi connectivity index (χ4n) is 1.46. The first-order valence-electron chi connectivity index (χ1n) is 6.38. The van der Waals surface area contributed by atoms with Gasteiger partial charge in [-0.15, -0.1) is 5.10 Å². The molecule has 0 spiro atoms. The van der Waals surface area contributed by atoms with Crippen LogP contribution in [0.4, 0.5) is 4.39 Å². The summed E-state index contributed by atoms with van der Waals surface area (Å²) in [6.45, 7) is 7.06. The van der Waals surface area contributed by atoms with Crippen LogP contribution in [0.2, 0.25) is 0 Å². The van der Waals surface area contributed by atoms with Gasteiger partial charge in [0, 0.05) is 11.1 Å². The SMILES string of the molecule is CC(C)(C)NCc1nnc(OCc2ccccc2F)s1. The standard InChI is InChI=1S/C14H18FN3OS/c1-14(2,3)16-8-12-17-18-13(20-12)19-9-10-6-4-5-7-11(10)15/h4-7,16H,8-9H2,1-3H3. The third kappa shape index (κ3) is 4.54. The van der Waals surface area contributed by atoms with E-state index >= 15 is 0 Å². The van der Waals surface area contributed by atoms with Gasteiger partial charge >= 0.3 is 0 Å². The second-order valence-corrected chi connectivity index (χ2v) is 6.47. The molecule has 1 N–H and O–H groups in total. The lowest BCUT2D eigenvalue weighted by molar-refractivity contribution is 0.295. The summed E-state index contributed by atoms with van der Waals surface area (Å²) >= 11 is 1.37. The molecule has 4 nitrogen and oxygen atoms in total. The second kappa shape index (κ2) is 6.28. The van der Waals surface area contributed by atoms with Crippen LogP contribution in [0.25, 0.3) is 0 Å². The van der Waals surface area contributed by atoms with Crippen molar-refractivity contribution in [1.82, 2.24) is 15.5 Å². The van der Waals surface area contributed by atoms with E-state index in [0.29, 0.717) is 17.3 Å². The summed E-state index contributed by atoms with van der Waals surface area (Å²) in [6, 6.07) is 6.54. The molecule has 20 heavy (non-hydrogen) atoms. The molecule has 0 unspecified atom stereocenters. The highest BCUT2D eigenvalue weighted by Gasteiger charge is 2.12. The Labute approximate surface area is 122 Å². The van der Waals surface area contributed by atoms with Gasteiger partial charge in [-0.2, -0.15) is 0 Å². The maximum atomic E-state index is 13.4. The molecule has 0 aliphatic carbocycles. The summed E-state index contributed by atoms with van der Waals surface area (Å²) in [5, 5.41) is 12.6. The molecule has 6 heteroatoms. The molecule has 0 atom stereocenters. The van der Waals surface area contributed by atoms with Gasteiger partial charge in [-0.25, -0.2) is 4.39 Å². The normalized spacial score (nSPS) is 11.6. The number of nitrogens with one attached hydrogen (secondary N) is 1. The molecule has 108 valence electrons. The van der Waals surface area contributed by atoms with Crippen molar-refractivity contribution in [3.8, 4) is 5.19 Å². The molecule has 0 saturated carbocycles. The molecular weight excluding hydrogens is 277 g/mol. The molecule has 0 radical (unpaired) electrons. The summed E-state index contributed by atoms with van der Waals surface area (Å²) in [7, 11) is 0. The Bertz CT molecular complexity index is 566. The number of halogens is 1. The zero-order valence-electron chi connectivity index (χ0n) is 11.8. The lowest BCUT2D eigenvalue weighted by atomic mass is 10.1. The number of rotatable bonds is 5. The first kappa shape index (κ1) is 14.9. The van der Waals surface area contributed by atoms with Crippen LogP contribution in [0.3, 0.4) is 0 Å². The molecule has 2 rings (SSSR count). The van der Waals surface area contributed by atoms with Gasteiger partial charge in [-0.1, -0.05) is 34.6 Å². The first-order valence-corrected chi connectivity index (χ1v) is 7.19. The average molecular weight is 295 g/mol. The zero-order valence-corrected chi connectivity index (χ0v) is 12.6. The number of hydrogen-bond donors (Lipinski definition) is 1. The third-order valence-electron chi connectivity index (χ3n) is 2.53. The fourth-order valence-corrected chi connectivity index (χ4v) is 2.09. The number of nitrogens with zero attached hydrogens (tertiary/aromatic N) is 2. The van der Waals surface area contributed by atoms with Crippen LogP contribution in [0, 0.1) is 5.82 Å². The largest absolute Gasteiger partial charge is 0.464 e. The third-order valence-corrected chi connectivity index (χ3v) is 3.36. The van der Waals surface area contributed by atoms with Gasteiger partial charge in [0.1, 0.15) is 17.4 Å². The topological polar surface area (TPSA) is 47.0 Å². The minimum absolute atomic E-state index is 0.0276. The Hall–Kier alpha value is -1.53. The van der Waals surface area contributed by atoms with Gasteiger partial charge in [-0.05, 0) is 26.8 Å². The van der Waals surface area contributed by atoms with E-state index in [1.165, 1.54) is 17.4 Å². The highest BCUT2D eigenvalue weighted by atomic mass is 32.1. The molecule has 0 amide bonds. The second-order valence-electron chi connectivity index (χ2n) is 5.45. The molecule has 0 aliphatic heterocycles. The van der Waals surface area contributed by atoms with Crippen molar-refractivity contribution < 1.29 is 9.13 Å². The van der Waals surface area contributed by atoms with Crippen molar-refractivity contribution in [3.63, 3.8) is 0 Å².